The highest BCUT2D eigenvalue weighted by atomic mass is 16.5. The molecule has 4 N–H and O–H groups in total. The van der Waals surface area contributed by atoms with Crippen LogP contribution < -0.4 is 20.9 Å². The van der Waals surface area contributed by atoms with Crippen molar-refractivity contribution in [2.75, 3.05) is 12.3 Å². The standard InChI is InChI=1S/C21H28N2O2/c1-5-13-24-21-14(3)11-12-17(22)19(21)20(23)15(4)25-18-10-8-7-9-16(18)6-2/h7-12,20H,4-6,13,22-23H2,1-3H3. The summed E-state index contributed by atoms with van der Waals surface area (Å²) in [6, 6.07) is 11.1. The molecule has 2 aromatic carbocycles. The second kappa shape index (κ2) is 8.58. The van der Waals surface area contributed by atoms with Gasteiger partial charge in [0.2, 0.25) is 0 Å². The van der Waals surface area contributed by atoms with E-state index in [4.69, 9.17) is 20.9 Å². The summed E-state index contributed by atoms with van der Waals surface area (Å²) in [6.45, 7) is 10.8. The molecule has 2 aromatic rings. The molecule has 0 heterocycles. The van der Waals surface area contributed by atoms with Crippen molar-refractivity contribution < 1.29 is 9.47 Å². The minimum absolute atomic E-state index is 0.444. The molecule has 0 spiro atoms. The predicted molar refractivity (Wildman–Crippen MR) is 104 cm³/mol. The Kier molecular flexibility index (Phi) is 6.48. The number of aryl methyl sites for hydroxylation is 2. The third-order valence-electron chi connectivity index (χ3n) is 4.13. The number of hydrogen-bond donors (Lipinski definition) is 2. The van der Waals surface area contributed by atoms with Crippen LogP contribution in [0.1, 0.15) is 43.0 Å². The Balaban J connectivity index is 2.31. The molecule has 25 heavy (non-hydrogen) atoms. The van der Waals surface area contributed by atoms with Gasteiger partial charge in [0.05, 0.1) is 12.6 Å². The first-order chi connectivity index (χ1) is 12.0. The van der Waals surface area contributed by atoms with E-state index in [1.165, 1.54) is 0 Å². The fourth-order valence-electron chi connectivity index (χ4n) is 2.70. The second-order valence-electron chi connectivity index (χ2n) is 6.07. The normalized spacial score (nSPS) is 11.8. The molecule has 2 rings (SSSR count). The highest BCUT2D eigenvalue weighted by Gasteiger charge is 2.22. The second-order valence-corrected chi connectivity index (χ2v) is 6.07. The molecule has 134 valence electrons. The van der Waals surface area contributed by atoms with E-state index in [9.17, 15) is 0 Å². The van der Waals surface area contributed by atoms with Gasteiger partial charge in [-0.1, -0.05) is 44.7 Å². The van der Waals surface area contributed by atoms with E-state index in [0.717, 1.165) is 41.0 Å². The van der Waals surface area contributed by atoms with Crippen molar-refractivity contribution in [3.05, 3.63) is 65.4 Å². The predicted octanol–water partition coefficient (Wildman–Crippen LogP) is 4.52. The van der Waals surface area contributed by atoms with Gasteiger partial charge in [0.1, 0.15) is 17.3 Å². The number of benzene rings is 2. The van der Waals surface area contributed by atoms with Gasteiger partial charge in [-0.2, -0.15) is 0 Å². The maximum atomic E-state index is 6.44. The largest absolute Gasteiger partial charge is 0.493 e. The summed E-state index contributed by atoms with van der Waals surface area (Å²) < 4.78 is 11.9. The van der Waals surface area contributed by atoms with Crippen molar-refractivity contribution >= 4 is 5.69 Å². The summed E-state index contributed by atoms with van der Waals surface area (Å²) >= 11 is 0. The average molecular weight is 340 g/mol. The first-order valence-corrected chi connectivity index (χ1v) is 8.71. The van der Waals surface area contributed by atoms with Crippen LogP contribution in [0.5, 0.6) is 11.5 Å². The summed E-state index contributed by atoms with van der Waals surface area (Å²) in [7, 11) is 0. The van der Waals surface area contributed by atoms with E-state index in [1.807, 2.05) is 43.3 Å². The van der Waals surface area contributed by atoms with Gasteiger partial charge in [-0.3, -0.25) is 0 Å². The molecule has 4 heteroatoms. The number of anilines is 1. The lowest BCUT2D eigenvalue weighted by molar-refractivity contribution is 0.307. The summed E-state index contributed by atoms with van der Waals surface area (Å²) in [5.74, 6) is 1.94. The fourth-order valence-corrected chi connectivity index (χ4v) is 2.70. The number of hydrogen-bond acceptors (Lipinski definition) is 4. The number of nitrogens with two attached hydrogens (primary N) is 2. The zero-order chi connectivity index (χ0) is 18.4. The highest BCUT2D eigenvalue weighted by Crippen LogP contribution is 2.36. The van der Waals surface area contributed by atoms with Crippen LogP contribution >= 0.6 is 0 Å². The van der Waals surface area contributed by atoms with Gasteiger partial charge in [-0.15, -0.1) is 0 Å². The molecule has 0 aliphatic heterocycles. The van der Waals surface area contributed by atoms with Crippen molar-refractivity contribution in [1.29, 1.82) is 0 Å². The molecular weight excluding hydrogens is 312 g/mol. The van der Waals surface area contributed by atoms with Crippen LogP contribution in [0.3, 0.4) is 0 Å². The first-order valence-electron chi connectivity index (χ1n) is 8.71. The van der Waals surface area contributed by atoms with Crippen molar-refractivity contribution in [3.8, 4) is 11.5 Å². The molecule has 1 unspecified atom stereocenters. The number of ether oxygens (including phenoxy) is 2. The van der Waals surface area contributed by atoms with Crippen LogP contribution in [0.4, 0.5) is 5.69 Å². The smallest absolute Gasteiger partial charge is 0.130 e. The fraction of sp³-hybridized carbons (Fsp3) is 0.333. The Labute approximate surface area is 150 Å². The maximum Gasteiger partial charge on any atom is 0.130 e. The number of rotatable bonds is 8. The Morgan fingerprint density at radius 2 is 1.88 bits per heavy atom. The Morgan fingerprint density at radius 3 is 2.56 bits per heavy atom. The van der Waals surface area contributed by atoms with E-state index >= 15 is 0 Å². The minimum Gasteiger partial charge on any atom is -0.493 e. The molecular formula is C21H28N2O2. The Hall–Kier alpha value is -2.46. The molecule has 0 aliphatic carbocycles. The van der Waals surface area contributed by atoms with Gasteiger partial charge in [-0.05, 0) is 43.0 Å². The molecule has 0 aromatic heterocycles. The maximum absolute atomic E-state index is 6.44. The topological polar surface area (TPSA) is 70.5 Å². The molecule has 4 nitrogen and oxygen atoms in total. The van der Waals surface area contributed by atoms with Gasteiger partial charge < -0.3 is 20.9 Å². The van der Waals surface area contributed by atoms with E-state index in [2.05, 4.69) is 20.4 Å². The molecule has 0 radical (unpaired) electrons. The molecule has 0 bridgehead atoms. The Morgan fingerprint density at radius 1 is 1.16 bits per heavy atom. The van der Waals surface area contributed by atoms with Gasteiger partial charge in [0, 0.05) is 11.3 Å². The zero-order valence-corrected chi connectivity index (χ0v) is 15.3. The average Bonchev–Trinajstić information content (AvgIpc) is 2.62. The van der Waals surface area contributed by atoms with Crippen LogP contribution in [0, 0.1) is 6.92 Å². The van der Waals surface area contributed by atoms with E-state index in [-0.39, 0.29) is 0 Å². The molecule has 0 amide bonds. The van der Waals surface area contributed by atoms with Gasteiger partial charge in [0.15, 0.2) is 0 Å². The van der Waals surface area contributed by atoms with Crippen LogP contribution in [0.25, 0.3) is 0 Å². The minimum atomic E-state index is -0.573. The zero-order valence-electron chi connectivity index (χ0n) is 15.3. The lowest BCUT2D eigenvalue weighted by Crippen LogP contribution is -2.20. The van der Waals surface area contributed by atoms with Gasteiger partial charge >= 0.3 is 0 Å². The van der Waals surface area contributed by atoms with Gasteiger partial charge in [0.25, 0.3) is 0 Å². The SMILES string of the molecule is C=C(Oc1ccccc1CC)C(N)c1c(N)ccc(C)c1OCCC. The van der Waals surface area contributed by atoms with Crippen LogP contribution in [0.2, 0.25) is 0 Å². The number of para-hydroxylation sites is 1. The molecule has 0 saturated heterocycles. The first kappa shape index (κ1) is 18.9. The van der Waals surface area contributed by atoms with Crippen molar-refractivity contribution in [3.63, 3.8) is 0 Å². The summed E-state index contributed by atoms with van der Waals surface area (Å²) in [4.78, 5) is 0. The van der Waals surface area contributed by atoms with Crippen LogP contribution in [0.15, 0.2) is 48.7 Å². The summed E-state index contributed by atoms with van der Waals surface area (Å²) in [5.41, 5.74) is 16.0. The monoisotopic (exact) mass is 340 g/mol. The Bertz CT molecular complexity index is 741. The quantitative estimate of drug-likeness (QED) is 0.547. The van der Waals surface area contributed by atoms with E-state index in [0.29, 0.717) is 18.1 Å². The van der Waals surface area contributed by atoms with E-state index in [1.54, 1.807) is 0 Å². The summed E-state index contributed by atoms with van der Waals surface area (Å²) in [6.07, 6.45) is 1.78. The molecule has 0 aliphatic rings. The molecule has 0 saturated carbocycles. The lowest BCUT2D eigenvalue weighted by Gasteiger charge is -2.23. The highest BCUT2D eigenvalue weighted by molar-refractivity contribution is 5.60. The third kappa shape index (κ3) is 4.34. The number of nitrogen functional groups attached to an aromatic ring is 1. The molecule has 0 fully saturated rings. The van der Waals surface area contributed by atoms with Gasteiger partial charge in [-0.25, -0.2) is 0 Å². The van der Waals surface area contributed by atoms with E-state index < -0.39 is 6.04 Å². The lowest BCUT2D eigenvalue weighted by atomic mass is 9.99. The van der Waals surface area contributed by atoms with Crippen LogP contribution in [-0.4, -0.2) is 6.61 Å². The van der Waals surface area contributed by atoms with Crippen molar-refractivity contribution in [2.45, 2.75) is 39.7 Å². The molecule has 1 atom stereocenters. The van der Waals surface area contributed by atoms with Crippen molar-refractivity contribution in [2.24, 2.45) is 5.73 Å². The third-order valence-corrected chi connectivity index (χ3v) is 4.13. The van der Waals surface area contributed by atoms with Crippen LogP contribution in [-0.2, 0) is 6.42 Å². The summed E-state index contributed by atoms with van der Waals surface area (Å²) in [5, 5.41) is 0. The van der Waals surface area contributed by atoms with Crippen molar-refractivity contribution in [1.82, 2.24) is 0 Å².